The fraction of sp³-hybridized carbons (Fsp3) is 0.500. The first kappa shape index (κ1) is 25.0. The van der Waals surface area contributed by atoms with E-state index in [2.05, 4.69) is 9.88 Å². The van der Waals surface area contributed by atoms with Crippen molar-refractivity contribution in [3.05, 3.63) is 46.9 Å². The van der Waals surface area contributed by atoms with Crippen LogP contribution < -0.4 is 9.62 Å². The SMILES string of the molecule is COC1(CN(C)C)CCC12CCN(c1cc(F)c(S(=O)(=O)Nc3cccc(F)n3)c(F)c1Cl)C2. The normalized spacial score (nSPS) is 24.6. The van der Waals surface area contributed by atoms with Crippen molar-refractivity contribution in [3.8, 4) is 0 Å². The molecule has 4 rings (SSSR count). The lowest BCUT2D eigenvalue weighted by Gasteiger charge is -2.57. The third-order valence-corrected chi connectivity index (χ3v) is 8.70. The third-order valence-electron chi connectivity index (χ3n) is 6.95. The van der Waals surface area contributed by atoms with E-state index in [4.69, 9.17) is 16.3 Å². The first-order chi connectivity index (χ1) is 15.9. The van der Waals surface area contributed by atoms with E-state index in [-0.39, 0.29) is 16.7 Å². The molecule has 2 atom stereocenters. The summed E-state index contributed by atoms with van der Waals surface area (Å²) in [5.74, 6) is -4.08. The summed E-state index contributed by atoms with van der Waals surface area (Å²) in [5.41, 5.74) is -0.490. The zero-order valence-electron chi connectivity index (χ0n) is 19.0. The number of sulfonamides is 1. The second-order valence-corrected chi connectivity index (χ2v) is 11.2. The number of nitrogens with zero attached hydrogens (tertiary/aromatic N) is 3. The second kappa shape index (κ2) is 8.85. The highest BCUT2D eigenvalue weighted by Gasteiger charge is 2.62. The summed E-state index contributed by atoms with van der Waals surface area (Å²) in [6.45, 7) is 1.68. The van der Waals surface area contributed by atoms with Gasteiger partial charge >= 0.3 is 0 Å². The molecule has 1 saturated carbocycles. The molecule has 2 heterocycles. The molecular formula is C22H26ClF3N4O3S. The summed E-state index contributed by atoms with van der Waals surface area (Å²) < 4.78 is 76.7. The van der Waals surface area contributed by atoms with E-state index < -0.39 is 43.3 Å². The number of anilines is 2. The van der Waals surface area contributed by atoms with Crippen LogP contribution in [0.1, 0.15) is 19.3 Å². The molecule has 2 unspecified atom stereocenters. The summed E-state index contributed by atoms with van der Waals surface area (Å²) in [6, 6.07) is 4.30. The summed E-state index contributed by atoms with van der Waals surface area (Å²) in [5, 5.41) is -0.499. The predicted octanol–water partition coefficient (Wildman–Crippen LogP) is 3.89. The molecule has 0 amide bonds. The van der Waals surface area contributed by atoms with E-state index in [1.165, 1.54) is 6.07 Å². The number of likely N-dealkylation sites (N-methyl/N-ethyl adjacent to an activating group) is 1. The van der Waals surface area contributed by atoms with Crippen molar-refractivity contribution in [2.75, 3.05) is 50.5 Å². The molecule has 0 radical (unpaired) electrons. The Morgan fingerprint density at radius 3 is 2.56 bits per heavy atom. The lowest BCUT2D eigenvalue weighted by Crippen LogP contribution is -2.64. The number of pyridine rings is 1. The Morgan fingerprint density at radius 2 is 1.97 bits per heavy atom. The molecule has 1 saturated heterocycles. The molecule has 7 nitrogen and oxygen atoms in total. The van der Waals surface area contributed by atoms with Crippen molar-refractivity contribution in [1.82, 2.24) is 9.88 Å². The molecule has 1 aliphatic heterocycles. The van der Waals surface area contributed by atoms with Gasteiger partial charge in [0.15, 0.2) is 10.7 Å². The van der Waals surface area contributed by atoms with Gasteiger partial charge in [0.2, 0.25) is 5.95 Å². The Kier molecular flexibility index (Phi) is 6.52. The van der Waals surface area contributed by atoms with Gasteiger partial charge in [-0.3, -0.25) is 4.72 Å². The smallest absolute Gasteiger partial charge is 0.268 e. The first-order valence-electron chi connectivity index (χ1n) is 10.7. The van der Waals surface area contributed by atoms with Gasteiger partial charge in [-0.15, -0.1) is 0 Å². The van der Waals surface area contributed by atoms with E-state index in [9.17, 15) is 12.8 Å². The van der Waals surface area contributed by atoms with Crippen molar-refractivity contribution in [1.29, 1.82) is 0 Å². The average molecular weight is 519 g/mol. The van der Waals surface area contributed by atoms with Crippen molar-refractivity contribution in [2.24, 2.45) is 5.41 Å². The van der Waals surface area contributed by atoms with Crippen LogP contribution in [0.3, 0.4) is 0 Å². The molecule has 0 bridgehead atoms. The topological polar surface area (TPSA) is 74.8 Å². The van der Waals surface area contributed by atoms with Gasteiger partial charge in [-0.05, 0) is 45.5 Å². The van der Waals surface area contributed by atoms with Crippen LogP contribution in [0.5, 0.6) is 0 Å². The molecule has 2 aromatic rings. The van der Waals surface area contributed by atoms with Crippen molar-refractivity contribution in [3.63, 3.8) is 0 Å². The van der Waals surface area contributed by atoms with E-state index in [0.717, 1.165) is 37.5 Å². The number of benzene rings is 1. The molecule has 1 aromatic carbocycles. The fourth-order valence-corrected chi connectivity index (χ4v) is 6.72. The van der Waals surface area contributed by atoms with Gasteiger partial charge in [-0.2, -0.15) is 4.39 Å². The maximum Gasteiger partial charge on any atom is 0.268 e. The summed E-state index contributed by atoms with van der Waals surface area (Å²) in [7, 11) is 0.848. The minimum atomic E-state index is -4.76. The number of nitrogens with one attached hydrogen (secondary N) is 1. The maximum atomic E-state index is 15.2. The van der Waals surface area contributed by atoms with Crippen LogP contribution in [0.15, 0.2) is 29.2 Å². The van der Waals surface area contributed by atoms with Gasteiger partial charge in [0.25, 0.3) is 10.0 Å². The predicted molar refractivity (Wildman–Crippen MR) is 123 cm³/mol. The Labute approximate surface area is 201 Å². The zero-order chi connectivity index (χ0) is 24.9. The van der Waals surface area contributed by atoms with E-state index in [0.29, 0.717) is 19.6 Å². The lowest BCUT2D eigenvalue weighted by atomic mass is 9.55. The minimum absolute atomic E-state index is 0.0816. The van der Waals surface area contributed by atoms with Crippen molar-refractivity contribution < 1.29 is 26.3 Å². The number of hydrogen-bond donors (Lipinski definition) is 1. The standard InChI is InChI=1S/C22H26ClF3N4O3S/c1-29(2)13-22(33-3)8-7-21(22)9-10-30(12-21)15-11-14(24)20(19(26)18(15)23)34(31,32)28-17-6-4-5-16(25)27-17/h4-6,11H,7-10,12-13H2,1-3H3,(H,27,28). The Morgan fingerprint density at radius 1 is 1.24 bits per heavy atom. The molecule has 34 heavy (non-hydrogen) atoms. The quantitative estimate of drug-likeness (QED) is 0.443. The van der Waals surface area contributed by atoms with Crippen LogP contribution in [0.4, 0.5) is 24.7 Å². The van der Waals surface area contributed by atoms with Gasteiger partial charge in [-0.25, -0.2) is 22.2 Å². The minimum Gasteiger partial charge on any atom is -0.376 e. The summed E-state index contributed by atoms with van der Waals surface area (Å²) in [6.07, 6.45) is 2.54. The Hall–Kier alpha value is -2.08. The average Bonchev–Trinajstić information content (AvgIpc) is 3.21. The molecule has 12 heteroatoms. The number of halogens is 4. The molecule has 1 N–H and O–H groups in total. The largest absolute Gasteiger partial charge is 0.376 e. The molecule has 1 aliphatic carbocycles. The molecule has 186 valence electrons. The van der Waals surface area contributed by atoms with Crippen molar-refractivity contribution >= 4 is 33.1 Å². The Bertz CT molecular complexity index is 1210. The van der Waals surface area contributed by atoms with Crippen LogP contribution in [0.2, 0.25) is 5.02 Å². The van der Waals surface area contributed by atoms with E-state index in [1.807, 2.05) is 18.8 Å². The van der Waals surface area contributed by atoms with Gasteiger partial charge in [0, 0.05) is 38.2 Å². The summed E-state index contributed by atoms with van der Waals surface area (Å²) >= 11 is 6.24. The number of methoxy groups -OCH3 is 1. The van der Waals surface area contributed by atoms with Gasteiger partial charge in [0.05, 0.1) is 11.3 Å². The zero-order valence-corrected chi connectivity index (χ0v) is 20.6. The molecule has 1 aromatic heterocycles. The van der Waals surface area contributed by atoms with E-state index >= 15 is 8.78 Å². The molecule has 2 aliphatic rings. The van der Waals surface area contributed by atoms with Crippen LogP contribution >= 0.6 is 11.6 Å². The lowest BCUT2D eigenvalue weighted by molar-refractivity contribution is -0.186. The van der Waals surface area contributed by atoms with Crippen LogP contribution in [-0.4, -0.2) is 64.7 Å². The number of rotatable bonds is 7. The highest BCUT2D eigenvalue weighted by molar-refractivity contribution is 7.92. The second-order valence-electron chi connectivity index (χ2n) is 9.17. The number of hydrogen-bond acceptors (Lipinski definition) is 6. The molecule has 2 fully saturated rings. The molecule has 1 spiro atoms. The van der Waals surface area contributed by atoms with Crippen molar-refractivity contribution in [2.45, 2.75) is 29.8 Å². The molecular weight excluding hydrogens is 493 g/mol. The van der Waals surface area contributed by atoms with Gasteiger partial charge in [-0.1, -0.05) is 17.7 Å². The number of ether oxygens (including phenoxy) is 1. The van der Waals surface area contributed by atoms with Crippen LogP contribution in [-0.2, 0) is 14.8 Å². The maximum absolute atomic E-state index is 15.2. The van der Waals surface area contributed by atoms with Gasteiger partial charge < -0.3 is 14.5 Å². The third kappa shape index (κ3) is 4.12. The first-order valence-corrected chi connectivity index (χ1v) is 12.6. The van der Waals surface area contributed by atoms with E-state index in [1.54, 1.807) is 12.0 Å². The van der Waals surface area contributed by atoms with Crippen LogP contribution in [0.25, 0.3) is 0 Å². The highest BCUT2D eigenvalue weighted by Crippen LogP contribution is 2.58. The monoisotopic (exact) mass is 518 g/mol. The Balaban J connectivity index is 1.64. The van der Waals surface area contributed by atoms with Crippen LogP contribution in [0, 0.1) is 23.0 Å². The van der Waals surface area contributed by atoms with Gasteiger partial charge in [0.1, 0.15) is 16.7 Å². The highest BCUT2D eigenvalue weighted by atomic mass is 35.5. The summed E-state index contributed by atoms with van der Waals surface area (Å²) in [4.78, 5) is 5.94. The fourth-order valence-electron chi connectivity index (χ4n) is 5.25. The number of aromatic nitrogens is 1.